The van der Waals surface area contributed by atoms with Crippen molar-refractivity contribution in [3.8, 4) is 0 Å². The van der Waals surface area contributed by atoms with E-state index in [4.69, 9.17) is 40.2 Å². The number of aliphatic hydroxyl groups is 1. The minimum Gasteiger partial charge on any atom is -0.481 e. The second-order valence-electron chi connectivity index (χ2n) is 3.09. The summed E-state index contributed by atoms with van der Waals surface area (Å²) in [4.78, 5) is 48.7. The summed E-state index contributed by atoms with van der Waals surface area (Å²) >= 11 is 0. The number of hydrogen-bond acceptors (Lipinski definition) is 6. The van der Waals surface area contributed by atoms with Crippen LogP contribution in [0.1, 0.15) is 12.8 Å². The Morgan fingerprint density at radius 1 is 0.667 bits per heavy atom. The van der Waals surface area contributed by atoms with E-state index in [0.717, 1.165) is 0 Å². The molecule has 13 heteroatoms. The summed E-state index contributed by atoms with van der Waals surface area (Å²) in [5.41, 5.74) is -2.74. The molecule has 124 valence electrons. The number of hydrogen-bond donors (Lipinski definition) is 6. The van der Waals surface area contributed by atoms with Gasteiger partial charge in [-0.3, -0.25) is 9.59 Å². The zero-order chi connectivity index (χ0) is 15.8. The van der Waals surface area contributed by atoms with Crippen LogP contribution < -0.4 is 0 Å². The van der Waals surface area contributed by atoms with E-state index >= 15 is 0 Å². The van der Waals surface area contributed by atoms with Gasteiger partial charge in [-0.05, 0) is 0 Å². The molecule has 0 aromatic carbocycles. The lowest BCUT2D eigenvalue weighted by atomic mass is 9.96. The highest BCUT2D eigenvalue weighted by atomic mass is 35.5. The first kappa shape index (κ1) is 27.3. The molecule has 0 saturated carbocycles. The van der Waals surface area contributed by atoms with E-state index in [2.05, 4.69) is 0 Å². The average Bonchev–Trinajstić information content (AvgIpc) is 2.14. The van der Waals surface area contributed by atoms with E-state index in [-0.39, 0.29) is 24.8 Å². The number of rotatable bonds is 5. The van der Waals surface area contributed by atoms with Gasteiger partial charge in [-0.2, -0.15) is 0 Å². The maximum atomic E-state index is 10.3. The first-order valence-corrected chi connectivity index (χ1v) is 4.28. The Kier molecular flexibility index (Phi) is 15.2. The topological polar surface area (TPSA) is 207 Å². The van der Waals surface area contributed by atoms with Crippen molar-refractivity contribution in [3.63, 3.8) is 0 Å². The third kappa shape index (κ3) is 14.1. The van der Waals surface area contributed by atoms with Crippen LogP contribution in [0.3, 0.4) is 0 Å². The van der Waals surface area contributed by atoms with Crippen LogP contribution in [0.2, 0.25) is 0 Å². The summed E-state index contributed by atoms with van der Waals surface area (Å²) in [6.45, 7) is 0. The fraction of sp³-hybridized carbons (Fsp3) is 0.375. The van der Waals surface area contributed by atoms with Crippen LogP contribution in [0.15, 0.2) is 0 Å². The Morgan fingerprint density at radius 3 is 1.00 bits per heavy atom. The monoisotopic (exact) mass is 354 g/mol. The molecular weight excluding hydrogens is 343 g/mol. The molecule has 0 radical (unpaired) electrons. The van der Waals surface area contributed by atoms with Gasteiger partial charge < -0.3 is 30.6 Å². The van der Waals surface area contributed by atoms with Gasteiger partial charge in [-0.15, -0.1) is 24.8 Å². The van der Waals surface area contributed by atoms with Crippen LogP contribution in [0.4, 0.5) is 0 Å². The summed E-state index contributed by atoms with van der Waals surface area (Å²) < 4.78 is 0. The number of carboxylic acids is 5. The van der Waals surface area contributed by atoms with E-state index in [1.807, 2.05) is 0 Å². The smallest absolute Gasteiger partial charge is 0.414 e. The molecule has 0 unspecified atom stereocenters. The van der Waals surface area contributed by atoms with Crippen molar-refractivity contribution in [2.45, 2.75) is 18.4 Å². The molecule has 0 aromatic rings. The van der Waals surface area contributed by atoms with Gasteiger partial charge >= 0.3 is 29.8 Å². The molecule has 0 rings (SSSR count). The molecule has 11 nitrogen and oxygen atoms in total. The van der Waals surface area contributed by atoms with E-state index < -0.39 is 48.3 Å². The predicted molar refractivity (Wildman–Crippen MR) is 66.9 cm³/mol. The molecule has 0 fully saturated rings. The van der Waals surface area contributed by atoms with Gasteiger partial charge in [0, 0.05) is 0 Å². The summed E-state index contributed by atoms with van der Waals surface area (Å²) in [6.07, 6.45) is -2.29. The molecule has 0 aliphatic heterocycles. The number of carboxylic acid groups (broad SMARTS) is 5. The lowest BCUT2D eigenvalue weighted by Crippen LogP contribution is -2.42. The minimum atomic E-state index is -2.74. The third-order valence-electron chi connectivity index (χ3n) is 1.47. The first-order valence-electron chi connectivity index (χ1n) is 4.28. The second kappa shape index (κ2) is 11.7. The normalized spacial score (nSPS) is 8.81. The van der Waals surface area contributed by atoms with Crippen molar-refractivity contribution < 1.29 is 54.6 Å². The van der Waals surface area contributed by atoms with E-state index in [0.29, 0.717) is 0 Å². The molecule has 0 aliphatic carbocycles. The van der Waals surface area contributed by atoms with Crippen molar-refractivity contribution in [3.05, 3.63) is 0 Å². The summed E-state index contributed by atoms with van der Waals surface area (Å²) in [5.74, 6) is -8.67. The Balaban J connectivity index is -0.000000156. The molecule has 0 atom stereocenters. The van der Waals surface area contributed by atoms with Crippen molar-refractivity contribution in [2.24, 2.45) is 0 Å². The number of halogens is 2. The molecular formula is C8H12Cl2O11. The predicted octanol–water partition coefficient (Wildman–Crippen LogP) is -1.25. The van der Waals surface area contributed by atoms with Crippen LogP contribution in [0.25, 0.3) is 0 Å². The average molecular weight is 355 g/mol. The maximum Gasteiger partial charge on any atom is 0.414 e. The highest BCUT2D eigenvalue weighted by Gasteiger charge is 2.40. The molecule has 6 N–H and O–H groups in total. The zero-order valence-corrected chi connectivity index (χ0v) is 11.6. The molecule has 0 aliphatic rings. The molecule has 0 heterocycles. The summed E-state index contributed by atoms with van der Waals surface area (Å²) in [7, 11) is 0. The van der Waals surface area contributed by atoms with Crippen LogP contribution in [0.5, 0.6) is 0 Å². The Bertz CT molecular complexity index is 377. The van der Waals surface area contributed by atoms with Gasteiger partial charge in [0.2, 0.25) is 0 Å². The number of carbonyl (C=O) groups is 5. The molecule has 21 heavy (non-hydrogen) atoms. The van der Waals surface area contributed by atoms with Gasteiger partial charge in [0.15, 0.2) is 5.60 Å². The third-order valence-corrected chi connectivity index (χ3v) is 1.47. The van der Waals surface area contributed by atoms with Gasteiger partial charge in [0.05, 0.1) is 12.8 Å². The van der Waals surface area contributed by atoms with Crippen molar-refractivity contribution in [2.75, 3.05) is 0 Å². The summed E-state index contributed by atoms with van der Waals surface area (Å²) in [6, 6.07) is 0. The van der Waals surface area contributed by atoms with E-state index in [1.54, 1.807) is 0 Å². The highest BCUT2D eigenvalue weighted by molar-refractivity contribution is 6.27. The SMILES string of the molecule is Cl.Cl.O=C(O)C(=O)O.O=C(O)CC(O)(CC(=O)O)C(=O)O. The quantitative estimate of drug-likeness (QED) is 0.321. The molecule has 0 aromatic heterocycles. The van der Waals surface area contributed by atoms with E-state index in [1.165, 1.54) is 0 Å². The van der Waals surface area contributed by atoms with Crippen molar-refractivity contribution >= 4 is 54.7 Å². The highest BCUT2D eigenvalue weighted by Crippen LogP contribution is 2.15. The first-order chi connectivity index (χ1) is 8.42. The Labute approximate surface area is 128 Å². The lowest BCUT2D eigenvalue weighted by molar-refractivity contribution is -0.170. The fourth-order valence-electron chi connectivity index (χ4n) is 0.714. The van der Waals surface area contributed by atoms with Crippen LogP contribution >= 0.6 is 24.8 Å². The van der Waals surface area contributed by atoms with Crippen molar-refractivity contribution in [1.29, 1.82) is 0 Å². The largest absolute Gasteiger partial charge is 0.481 e. The van der Waals surface area contributed by atoms with Gasteiger partial charge in [-0.25, -0.2) is 14.4 Å². The molecule has 0 amide bonds. The molecule has 0 saturated heterocycles. The Hall–Kier alpha value is -2.11. The minimum absolute atomic E-state index is 0. The van der Waals surface area contributed by atoms with E-state index in [9.17, 15) is 14.4 Å². The Morgan fingerprint density at radius 2 is 0.905 bits per heavy atom. The van der Waals surface area contributed by atoms with Crippen LogP contribution in [0, 0.1) is 0 Å². The van der Waals surface area contributed by atoms with Crippen molar-refractivity contribution in [1.82, 2.24) is 0 Å². The van der Waals surface area contributed by atoms with Crippen LogP contribution in [-0.2, 0) is 24.0 Å². The van der Waals surface area contributed by atoms with Gasteiger partial charge in [0.25, 0.3) is 0 Å². The van der Waals surface area contributed by atoms with Crippen LogP contribution in [-0.4, -0.2) is 66.1 Å². The summed E-state index contributed by atoms with van der Waals surface area (Å²) in [5, 5.41) is 48.6. The maximum absolute atomic E-state index is 10.3. The zero-order valence-electron chi connectivity index (χ0n) is 9.96. The molecule has 0 bridgehead atoms. The number of aliphatic carboxylic acids is 5. The molecule has 0 spiro atoms. The second-order valence-corrected chi connectivity index (χ2v) is 3.09. The lowest BCUT2D eigenvalue weighted by Gasteiger charge is -2.18. The van der Waals surface area contributed by atoms with Gasteiger partial charge in [0.1, 0.15) is 0 Å². The van der Waals surface area contributed by atoms with Gasteiger partial charge in [-0.1, -0.05) is 0 Å². The fourth-order valence-corrected chi connectivity index (χ4v) is 0.714. The standard InChI is InChI=1S/C6H8O7.C2H2O4.2ClH/c7-3(8)1-6(13,5(11)12)2-4(9)10;3-1(4)2(5)6;;/h13H,1-2H2,(H,7,8)(H,9,10)(H,11,12);(H,3,4)(H,5,6);2*1H.